The third-order valence-corrected chi connectivity index (χ3v) is 3.58. The van der Waals surface area contributed by atoms with Crippen molar-refractivity contribution in [3.8, 4) is 0 Å². The van der Waals surface area contributed by atoms with Gasteiger partial charge < -0.3 is 15.7 Å². The number of hydrogen-bond acceptors (Lipinski definition) is 3. The van der Waals surface area contributed by atoms with Crippen LogP contribution in [0.1, 0.15) is 25.3 Å². The minimum Gasteiger partial charge on any atom is -0.480 e. The number of carboxylic acids is 1. The van der Waals surface area contributed by atoms with Gasteiger partial charge in [0.2, 0.25) is 11.8 Å². The summed E-state index contributed by atoms with van der Waals surface area (Å²) in [5.74, 6) is -1.78. The summed E-state index contributed by atoms with van der Waals surface area (Å²) in [6.45, 7) is 1.41. The predicted octanol–water partition coefficient (Wildman–Crippen LogP) is 1.17. The van der Waals surface area contributed by atoms with E-state index in [9.17, 15) is 14.4 Å². The van der Waals surface area contributed by atoms with E-state index in [1.54, 1.807) is 0 Å². The fourth-order valence-corrected chi connectivity index (χ4v) is 2.33. The lowest BCUT2D eigenvalue weighted by Crippen LogP contribution is -2.39. The van der Waals surface area contributed by atoms with Crippen LogP contribution in [0.2, 0.25) is 0 Å². The number of hydrogen-bond donors (Lipinski definition) is 3. The second-order valence-corrected chi connectivity index (χ2v) is 5.21. The zero-order chi connectivity index (χ0) is 15.4. The van der Waals surface area contributed by atoms with E-state index in [0.29, 0.717) is 12.8 Å². The lowest BCUT2D eigenvalue weighted by atomic mass is 9.89. The molecule has 6 heteroatoms. The first-order chi connectivity index (χ1) is 9.97. The Labute approximate surface area is 122 Å². The molecule has 1 heterocycles. The van der Waals surface area contributed by atoms with Gasteiger partial charge in [0.15, 0.2) is 0 Å². The summed E-state index contributed by atoms with van der Waals surface area (Å²) in [4.78, 5) is 34.3. The number of carboxylic acid groups (broad SMARTS) is 1. The van der Waals surface area contributed by atoms with Crippen LogP contribution in [-0.4, -0.2) is 28.9 Å². The van der Waals surface area contributed by atoms with Crippen molar-refractivity contribution in [2.75, 3.05) is 5.32 Å². The summed E-state index contributed by atoms with van der Waals surface area (Å²) in [5, 5.41) is 13.9. The Morgan fingerprint density at radius 1 is 1.43 bits per heavy atom. The van der Waals surface area contributed by atoms with Crippen LogP contribution in [-0.2, 0) is 20.8 Å². The first-order valence-electron chi connectivity index (χ1n) is 6.88. The lowest BCUT2D eigenvalue weighted by Gasteiger charge is -2.24. The molecule has 1 aliphatic heterocycles. The van der Waals surface area contributed by atoms with Crippen LogP contribution in [0, 0.1) is 5.92 Å². The van der Waals surface area contributed by atoms with Crippen LogP contribution in [0.15, 0.2) is 24.3 Å². The molecule has 0 spiro atoms. The van der Waals surface area contributed by atoms with E-state index in [1.807, 2.05) is 24.3 Å². The molecule has 21 heavy (non-hydrogen) atoms. The number of amides is 2. The molecular weight excluding hydrogens is 272 g/mol. The summed E-state index contributed by atoms with van der Waals surface area (Å²) in [7, 11) is 0. The van der Waals surface area contributed by atoms with Gasteiger partial charge in [-0.25, -0.2) is 0 Å². The first kappa shape index (κ1) is 15.0. The summed E-state index contributed by atoms with van der Waals surface area (Å²) in [5.41, 5.74) is 1.88. The molecule has 3 N–H and O–H groups in total. The molecule has 1 aliphatic rings. The number of para-hydroxylation sites is 1. The van der Waals surface area contributed by atoms with Gasteiger partial charge in [0.05, 0.1) is 0 Å². The molecule has 2 amide bonds. The highest BCUT2D eigenvalue weighted by atomic mass is 16.4. The van der Waals surface area contributed by atoms with Crippen LogP contribution in [0.4, 0.5) is 5.69 Å². The van der Waals surface area contributed by atoms with E-state index in [2.05, 4.69) is 10.6 Å². The Balaban J connectivity index is 1.88. The smallest absolute Gasteiger partial charge is 0.325 e. The Hall–Kier alpha value is -2.37. The van der Waals surface area contributed by atoms with Crippen molar-refractivity contribution in [1.29, 1.82) is 0 Å². The van der Waals surface area contributed by atoms with E-state index >= 15 is 0 Å². The number of aliphatic carboxylic acids is 1. The third-order valence-electron chi connectivity index (χ3n) is 3.58. The Morgan fingerprint density at radius 2 is 2.14 bits per heavy atom. The van der Waals surface area contributed by atoms with Gasteiger partial charge in [-0.3, -0.25) is 14.4 Å². The maximum atomic E-state index is 12.0. The van der Waals surface area contributed by atoms with Gasteiger partial charge in [0.1, 0.15) is 6.04 Å². The highest BCUT2D eigenvalue weighted by Crippen LogP contribution is 2.27. The van der Waals surface area contributed by atoms with E-state index < -0.39 is 12.0 Å². The van der Waals surface area contributed by atoms with Crippen molar-refractivity contribution in [3.63, 3.8) is 0 Å². The number of benzene rings is 1. The summed E-state index contributed by atoms with van der Waals surface area (Å²) < 4.78 is 0. The van der Waals surface area contributed by atoms with E-state index in [1.165, 1.54) is 6.92 Å². The van der Waals surface area contributed by atoms with Gasteiger partial charge in [0, 0.05) is 18.0 Å². The maximum absolute atomic E-state index is 12.0. The Bertz CT molecular complexity index is 571. The van der Waals surface area contributed by atoms with E-state index in [4.69, 9.17) is 5.11 Å². The molecule has 0 bridgehead atoms. The Morgan fingerprint density at radius 3 is 2.86 bits per heavy atom. The third kappa shape index (κ3) is 3.81. The fraction of sp³-hybridized carbons (Fsp3) is 0.400. The van der Waals surface area contributed by atoms with E-state index in [-0.39, 0.29) is 24.2 Å². The molecule has 6 nitrogen and oxygen atoms in total. The van der Waals surface area contributed by atoms with Gasteiger partial charge in [-0.1, -0.05) is 18.2 Å². The molecule has 1 aromatic rings. The van der Waals surface area contributed by atoms with Gasteiger partial charge in [0.25, 0.3) is 0 Å². The van der Waals surface area contributed by atoms with Crippen LogP contribution >= 0.6 is 0 Å². The standard InChI is InChI=1S/C15H18N2O4/c1-9(15(20)21)16-13(18)7-6-11-8-10-4-2-3-5-12(10)17-14(11)19/h2-5,9,11H,6-8H2,1H3,(H,16,18)(H,17,19)(H,20,21)/t9-,11?/m1/s1. The average Bonchev–Trinajstić information content (AvgIpc) is 2.44. The molecule has 1 unspecified atom stereocenters. The number of nitrogens with one attached hydrogen (secondary N) is 2. The minimum absolute atomic E-state index is 0.0900. The van der Waals surface area contributed by atoms with Gasteiger partial charge in [-0.2, -0.15) is 0 Å². The Kier molecular flexibility index (Phi) is 4.57. The van der Waals surface area contributed by atoms with Gasteiger partial charge >= 0.3 is 5.97 Å². The molecule has 0 aromatic heterocycles. The van der Waals surface area contributed by atoms with Crippen LogP contribution in [0.5, 0.6) is 0 Å². The second-order valence-electron chi connectivity index (χ2n) is 5.21. The molecular formula is C15H18N2O4. The number of carbonyl (C=O) groups excluding carboxylic acids is 2. The molecule has 0 saturated carbocycles. The predicted molar refractivity (Wildman–Crippen MR) is 76.7 cm³/mol. The topological polar surface area (TPSA) is 95.5 Å². The molecule has 2 atom stereocenters. The normalized spacial score (nSPS) is 18.3. The number of anilines is 1. The van der Waals surface area contributed by atoms with Crippen molar-refractivity contribution >= 4 is 23.5 Å². The molecule has 0 aliphatic carbocycles. The zero-order valence-electron chi connectivity index (χ0n) is 11.8. The van der Waals surface area contributed by atoms with E-state index in [0.717, 1.165) is 11.3 Å². The quantitative estimate of drug-likeness (QED) is 0.758. The maximum Gasteiger partial charge on any atom is 0.325 e. The SMILES string of the molecule is C[C@@H](NC(=O)CCC1Cc2ccccc2NC1=O)C(=O)O. The molecule has 0 saturated heterocycles. The fourth-order valence-electron chi connectivity index (χ4n) is 2.33. The monoisotopic (exact) mass is 290 g/mol. The second kappa shape index (κ2) is 6.39. The molecule has 0 fully saturated rings. The summed E-state index contributed by atoms with van der Waals surface area (Å²) in [6.07, 6.45) is 1.14. The summed E-state index contributed by atoms with van der Waals surface area (Å²) in [6, 6.07) is 6.66. The highest BCUT2D eigenvalue weighted by Gasteiger charge is 2.26. The molecule has 0 radical (unpaired) electrons. The number of rotatable bonds is 5. The summed E-state index contributed by atoms with van der Waals surface area (Å²) >= 11 is 0. The van der Waals surface area contributed by atoms with Crippen molar-refractivity contribution in [2.24, 2.45) is 5.92 Å². The molecule has 112 valence electrons. The average molecular weight is 290 g/mol. The van der Waals surface area contributed by atoms with Crippen LogP contribution in [0.25, 0.3) is 0 Å². The number of carbonyl (C=O) groups is 3. The molecule has 1 aromatic carbocycles. The molecule has 2 rings (SSSR count). The van der Waals surface area contributed by atoms with Gasteiger partial charge in [-0.05, 0) is 31.4 Å². The number of fused-ring (bicyclic) bond motifs is 1. The zero-order valence-corrected chi connectivity index (χ0v) is 11.8. The van der Waals surface area contributed by atoms with Crippen molar-refractivity contribution < 1.29 is 19.5 Å². The van der Waals surface area contributed by atoms with Crippen LogP contribution in [0.3, 0.4) is 0 Å². The highest BCUT2D eigenvalue weighted by molar-refractivity contribution is 5.96. The largest absolute Gasteiger partial charge is 0.480 e. The van der Waals surface area contributed by atoms with Crippen molar-refractivity contribution in [3.05, 3.63) is 29.8 Å². The van der Waals surface area contributed by atoms with Crippen molar-refractivity contribution in [2.45, 2.75) is 32.2 Å². The lowest BCUT2D eigenvalue weighted by molar-refractivity contribution is -0.141. The minimum atomic E-state index is -1.08. The van der Waals surface area contributed by atoms with Crippen molar-refractivity contribution in [1.82, 2.24) is 5.32 Å². The van der Waals surface area contributed by atoms with Gasteiger partial charge in [-0.15, -0.1) is 0 Å². The first-order valence-corrected chi connectivity index (χ1v) is 6.88. The van der Waals surface area contributed by atoms with Crippen LogP contribution < -0.4 is 10.6 Å².